The molecule has 4 N–H and O–H groups in total. The number of aliphatic hydroxyl groups is 2. The standard InChI is InChI=1S/C95H160O16P2/c1-4-7-10-13-16-19-22-25-28-31-34-37-39-40-41-42-43-44-45-46-47-48-50-53-54-57-60-63-66-69-72-75-78-81-93(98)105-84-90(96)85-107-112(101,102)108-86-91(97)87-109-113(103,104)110-89-92(111-95(100)83-80-77-74-71-68-65-62-59-56-51-36-33-30-27-24-21-18-15-12-9-6-3)88-106-94(99)82-79-76-73-70-67-64-61-58-55-52-49-38-35-32-29-26-23-20-17-14-11-8-5-2/h7-8,10-11,16-21,25-30,34-38,40-41,51-52,55,59,62,90-92,96-97H,4-6,9,12-15,22-24,31-33,39,42-50,53-54,56-58,60-61,63-89H2,1-3H3,(H,101,102)(H,103,104)/b10-7-,11-8-,19-16-,20-17-,21-18-,28-25-,29-26-,30-27-,37-34-,38-35-,41-40-,51-36-,55-52-,62-59-. The highest BCUT2D eigenvalue weighted by Gasteiger charge is 2.29. The van der Waals surface area contributed by atoms with Crippen LogP contribution in [0.25, 0.3) is 0 Å². The van der Waals surface area contributed by atoms with E-state index in [1.807, 2.05) is 0 Å². The first-order valence-electron chi connectivity index (χ1n) is 44.4. The van der Waals surface area contributed by atoms with Gasteiger partial charge in [0.25, 0.3) is 0 Å². The molecule has 0 aromatic heterocycles. The Morgan fingerprint density at radius 1 is 0.257 bits per heavy atom. The third-order valence-corrected chi connectivity index (χ3v) is 20.3. The van der Waals surface area contributed by atoms with Crippen molar-refractivity contribution in [2.45, 2.75) is 373 Å². The molecular formula is C95H160O16P2. The Hall–Kier alpha value is -5.09. The van der Waals surface area contributed by atoms with E-state index >= 15 is 0 Å². The quantitative estimate of drug-likeness (QED) is 0.0146. The number of allylic oxidation sites excluding steroid dienone is 28. The van der Waals surface area contributed by atoms with Crippen molar-refractivity contribution in [2.75, 3.05) is 39.6 Å². The summed E-state index contributed by atoms with van der Waals surface area (Å²) in [6.07, 6.45) is 111. The van der Waals surface area contributed by atoms with Crippen LogP contribution in [0.5, 0.6) is 0 Å². The van der Waals surface area contributed by atoms with Crippen LogP contribution in [0.15, 0.2) is 170 Å². The summed E-state index contributed by atoms with van der Waals surface area (Å²) in [7, 11) is -9.82. The van der Waals surface area contributed by atoms with E-state index in [2.05, 4.69) is 191 Å². The highest BCUT2D eigenvalue weighted by Crippen LogP contribution is 2.45. The summed E-state index contributed by atoms with van der Waals surface area (Å²) in [4.78, 5) is 58.9. The van der Waals surface area contributed by atoms with Gasteiger partial charge in [0.15, 0.2) is 6.10 Å². The fourth-order valence-electron chi connectivity index (χ4n) is 11.7. The first-order valence-corrected chi connectivity index (χ1v) is 47.4. The Morgan fingerprint density at radius 3 is 0.743 bits per heavy atom. The zero-order valence-electron chi connectivity index (χ0n) is 71.0. The Balaban J connectivity index is 4.57. The molecular weight excluding hydrogens is 1460 g/mol. The maximum absolute atomic E-state index is 13.0. The van der Waals surface area contributed by atoms with Gasteiger partial charge in [-0.3, -0.25) is 32.5 Å². The van der Waals surface area contributed by atoms with Gasteiger partial charge in [0.1, 0.15) is 25.4 Å². The van der Waals surface area contributed by atoms with E-state index in [-0.39, 0.29) is 19.3 Å². The van der Waals surface area contributed by atoms with Gasteiger partial charge < -0.3 is 34.2 Å². The summed E-state index contributed by atoms with van der Waals surface area (Å²) in [5.74, 6) is -1.61. The fourth-order valence-corrected chi connectivity index (χ4v) is 13.3. The summed E-state index contributed by atoms with van der Waals surface area (Å²) in [6, 6.07) is 0. The van der Waals surface area contributed by atoms with Crippen molar-refractivity contribution in [1.82, 2.24) is 0 Å². The normalized spacial score (nSPS) is 14.6. The van der Waals surface area contributed by atoms with Crippen molar-refractivity contribution >= 4 is 33.6 Å². The van der Waals surface area contributed by atoms with Crippen LogP contribution in [0.2, 0.25) is 0 Å². The van der Waals surface area contributed by atoms with Gasteiger partial charge in [-0.05, 0) is 154 Å². The SMILES string of the molecule is CC/C=C\C/C=C\C/C=C\C/C=C\C/C=C\CCCCCCCCCCCCCCCCCCCC(=O)OCC(O)COP(=O)(O)OCC(O)COP(=O)(O)OCC(COC(=O)CCCCCCCCC/C=C\C/C=C\C/C=C\C/C=C\C/C=C\CC)OC(=O)CCCCCCC/C=C\C/C=C\C/C=C\C/C=C\CCCCC. The molecule has 0 radical (unpaired) electrons. The molecule has 5 atom stereocenters. The first-order chi connectivity index (χ1) is 55.2. The summed E-state index contributed by atoms with van der Waals surface area (Å²) in [6.45, 7) is 2.42. The molecule has 18 heteroatoms. The summed E-state index contributed by atoms with van der Waals surface area (Å²) in [5, 5.41) is 20.7. The zero-order valence-corrected chi connectivity index (χ0v) is 72.8. The number of hydrogen-bond donors (Lipinski definition) is 4. The predicted octanol–water partition coefficient (Wildman–Crippen LogP) is 27.1. The van der Waals surface area contributed by atoms with Crippen molar-refractivity contribution in [3.8, 4) is 0 Å². The number of esters is 3. The van der Waals surface area contributed by atoms with Gasteiger partial charge in [0.2, 0.25) is 0 Å². The number of hydrogen-bond acceptors (Lipinski definition) is 14. The van der Waals surface area contributed by atoms with Crippen LogP contribution in [0.1, 0.15) is 355 Å². The average Bonchev–Trinajstić information content (AvgIpc) is 0.900. The van der Waals surface area contributed by atoms with Crippen LogP contribution in [-0.2, 0) is 55.8 Å². The average molecular weight is 1620 g/mol. The van der Waals surface area contributed by atoms with Gasteiger partial charge in [-0.1, -0.05) is 351 Å². The predicted molar refractivity (Wildman–Crippen MR) is 472 cm³/mol. The molecule has 646 valence electrons. The molecule has 0 aliphatic rings. The lowest BCUT2D eigenvalue weighted by Crippen LogP contribution is -2.30. The van der Waals surface area contributed by atoms with Crippen molar-refractivity contribution in [3.63, 3.8) is 0 Å². The van der Waals surface area contributed by atoms with Crippen molar-refractivity contribution < 1.29 is 75.8 Å². The van der Waals surface area contributed by atoms with Gasteiger partial charge in [-0.15, -0.1) is 0 Å². The molecule has 0 heterocycles. The molecule has 0 spiro atoms. The van der Waals surface area contributed by atoms with E-state index in [0.29, 0.717) is 19.3 Å². The molecule has 0 bridgehead atoms. The molecule has 5 unspecified atom stereocenters. The fraction of sp³-hybridized carbons (Fsp3) is 0.674. The Kier molecular flexibility index (Phi) is 82.4. The second-order valence-corrected chi connectivity index (χ2v) is 32.2. The number of phosphoric ester groups is 2. The van der Waals surface area contributed by atoms with E-state index in [0.717, 1.165) is 186 Å². The zero-order chi connectivity index (χ0) is 82.2. The van der Waals surface area contributed by atoms with Gasteiger partial charge in [0.05, 0.1) is 26.4 Å². The topological polar surface area (TPSA) is 231 Å². The molecule has 16 nitrogen and oxygen atoms in total. The molecule has 0 rings (SSSR count). The largest absolute Gasteiger partial charge is 0.472 e. The minimum atomic E-state index is -4.95. The summed E-state index contributed by atoms with van der Waals surface area (Å²) < 4.78 is 61.4. The molecule has 0 aromatic rings. The highest BCUT2D eigenvalue weighted by atomic mass is 31.2. The van der Waals surface area contributed by atoms with Crippen LogP contribution in [0.3, 0.4) is 0 Å². The third kappa shape index (κ3) is 87.6. The monoisotopic (exact) mass is 1620 g/mol. The number of carbonyl (C=O) groups is 3. The van der Waals surface area contributed by atoms with Gasteiger partial charge >= 0.3 is 33.6 Å². The van der Waals surface area contributed by atoms with Crippen LogP contribution >= 0.6 is 15.6 Å². The molecule has 0 amide bonds. The first kappa shape index (κ1) is 108. The number of phosphoric acid groups is 2. The van der Waals surface area contributed by atoms with Crippen LogP contribution < -0.4 is 0 Å². The number of unbranched alkanes of at least 4 members (excludes halogenated alkanes) is 32. The van der Waals surface area contributed by atoms with E-state index in [1.165, 1.54) is 109 Å². The van der Waals surface area contributed by atoms with E-state index in [9.17, 15) is 43.5 Å². The third-order valence-electron chi connectivity index (χ3n) is 18.4. The molecule has 0 saturated heterocycles. The number of ether oxygens (including phenoxy) is 3. The maximum atomic E-state index is 13.0. The minimum Gasteiger partial charge on any atom is -0.463 e. The van der Waals surface area contributed by atoms with Gasteiger partial charge in [0, 0.05) is 19.3 Å². The van der Waals surface area contributed by atoms with Crippen molar-refractivity contribution in [1.29, 1.82) is 0 Å². The molecule has 0 saturated carbocycles. The smallest absolute Gasteiger partial charge is 0.463 e. The van der Waals surface area contributed by atoms with E-state index < -0.39 is 91.5 Å². The molecule has 113 heavy (non-hydrogen) atoms. The van der Waals surface area contributed by atoms with Gasteiger partial charge in [-0.2, -0.15) is 0 Å². The van der Waals surface area contributed by atoms with Crippen LogP contribution in [0.4, 0.5) is 0 Å². The minimum absolute atomic E-state index is 0.0760. The maximum Gasteiger partial charge on any atom is 0.472 e. The summed E-state index contributed by atoms with van der Waals surface area (Å²) in [5.41, 5.74) is 0. The second kappa shape index (κ2) is 86.3. The van der Waals surface area contributed by atoms with Crippen molar-refractivity contribution in [3.05, 3.63) is 170 Å². The second-order valence-electron chi connectivity index (χ2n) is 29.3. The Labute approximate surface area is 688 Å². The lowest BCUT2D eigenvalue weighted by atomic mass is 10.0. The van der Waals surface area contributed by atoms with Crippen LogP contribution in [-0.4, -0.2) is 95.9 Å². The molecule has 0 aromatic carbocycles. The van der Waals surface area contributed by atoms with Crippen molar-refractivity contribution in [2.24, 2.45) is 0 Å². The number of rotatable bonds is 83. The summed E-state index contributed by atoms with van der Waals surface area (Å²) >= 11 is 0. The number of aliphatic hydroxyl groups excluding tert-OH is 2. The lowest BCUT2D eigenvalue weighted by Gasteiger charge is -2.21. The van der Waals surface area contributed by atoms with E-state index in [4.69, 9.17) is 32.3 Å². The van der Waals surface area contributed by atoms with E-state index in [1.54, 1.807) is 0 Å². The Bertz CT molecular complexity index is 2730. The van der Waals surface area contributed by atoms with Crippen LogP contribution in [0, 0.1) is 0 Å². The molecule has 0 aliphatic heterocycles. The van der Waals surface area contributed by atoms with Gasteiger partial charge in [-0.25, -0.2) is 9.13 Å². The number of carbonyl (C=O) groups excluding carboxylic acids is 3. The molecule has 0 fully saturated rings. The lowest BCUT2D eigenvalue weighted by molar-refractivity contribution is -0.161. The highest BCUT2D eigenvalue weighted by molar-refractivity contribution is 7.47. The Morgan fingerprint density at radius 2 is 0.469 bits per heavy atom. The molecule has 0 aliphatic carbocycles.